The second-order valence-corrected chi connectivity index (χ2v) is 3.35. The van der Waals surface area contributed by atoms with Gasteiger partial charge in [0.1, 0.15) is 0 Å². The Morgan fingerprint density at radius 2 is 1.50 bits per heavy atom. The largest absolute Gasteiger partial charge is 0.0949 e. The molecule has 0 radical (unpaired) electrons. The quantitative estimate of drug-likeness (QED) is 0.444. The minimum Gasteiger partial charge on any atom is -0.0949 e. The first-order valence-electron chi connectivity index (χ1n) is 3.78. The monoisotopic (exact) mass is 132 g/mol. The van der Waals surface area contributed by atoms with E-state index >= 15 is 0 Å². The molecule has 2 aliphatic carbocycles. The average Bonchev–Trinajstić information content (AvgIpc) is 2.34. The lowest BCUT2D eigenvalue weighted by molar-refractivity contribution is 0.505. The van der Waals surface area contributed by atoms with Crippen LogP contribution in [-0.4, -0.2) is 0 Å². The zero-order valence-corrected chi connectivity index (χ0v) is 6.30. The van der Waals surface area contributed by atoms with Crippen LogP contribution in [0.4, 0.5) is 0 Å². The maximum absolute atomic E-state index is 4.02. The van der Waals surface area contributed by atoms with Crippen LogP contribution in [-0.2, 0) is 0 Å². The Hall–Kier alpha value is -0.780. The van der Waals surface area contributed by atoms with E-state index < -0.39 is 0 Å². The number of fused-ring (bicyclic) bond motifs is 2. The van der Waals surface area contributed by atoms with E-state index in [2.05, 4.69) is 32.2 Å². The normalized spacial score (nSPS) is 43.5. The molecule has 0 amide bonds. The van der Waals surface area contributed by atoms with Crippen molar-refractivity contribution in [3.8, 4) is 0 Å². The van der Waals surface area contributed by atoms with Crippen LogP contribution in [0.2, 0.25) is 0 Å². The van der Waals surface area contributed by atoms with Gasteiger partial charge in [0.15, 0.2) is 0 Å². The molecule has 0 nitrogen and oxygen atoms in total. The van der Waals surface area contributed by atoms with Crippen molar-refractivity contribution in [2.24, 2.45) is 17.8 Å². The van der Waals surface area contributed by atoms with Crippen LogP contribution in [0, 0.1) is 17.8 Å². The molecule has 2 atom stereocenters. The lowest BCUT2D eigenvalue weighted by Crippen LogP contribution is -2.00. The minimum absolute atomic E-state index is 0.609. The van der Waals surface area contributed by atoms with E-state index in [-0.39, 0.29) is 0 Å². The Morgan fingerprint density at radius 1 is 1.10 bits per heavy atom. The van der Waals surface area contributed by atoms with Crippen molar-refractivity contribution < 1.29 is 0 Å². The van der Waals surface area contributed by atoms with Crippen molar-refractivity contribution in [2.75, 3.05) is 0 Å². The lowest BCUT2D eigenvalue weighted by atomic mass is 9.98. The van der Waals surface area contributed by atoms with Crippen LogP contribution >= 0.6 is 0 Å². The number of hydrogen-bond acceptors (Lipinski definition) is 0. The smallest absolute Gasteiger partial charge is 0.00495 e. The second-order valence-electron chi connectivity index (χ2n) is 3.35. The first kappa shape index (κ1) is 5.96. The fraction of sp³-hybridized carbons (Fsp3) is 0.400. The van der Waals surface area contributed by atoms with Crippen molar-refractivity contribution in [3.05, 3.63) is 36.5 Å². The Balaban J connectivity index is 2.47. The Labute approximate surface area is 61.9 Å². The van der Waals surface area contributed by atoms with Gasteiger partial charge >= 0.3 is 0 Å². The van der Waals surface area contributed by atoms with Gasteiger partial charge in [-0.05, 0) is 17.1 Å². The molecular weight excluding hydrogens is 120 g/mol. The van der Waals surface area contributed by atoms with Gasteiger partial charge in [-0.3, -0.25) is 0 Å². The summed E-state index contributed by atoms with van der Waals surface area (Å²) in [5, 5.41) is 0. The third-order valence-electron chi connectivity index (χ3n) is 2.88. The fourth-order valence-electron chi connectivity index (χ4n) is 2.11. The van der Waals surface area contributed by atoms with Crippen molar-refractivity contribution in [2.45, 2.75) is 6.92 Å². The van der Waals surface area contributed by atoms with Gasteiger partial charge in [-0.25, -0.2) is 0 Å². The summed E-state index contributed by atoms with van der Waals surface area (Å²) in [5.74, 6) is 1.95. The number of rotatable bonds is 0. The van der Waals surface area contributed by atoms with Crippen molar-refractivity contribution in [3.63, 3.8) is 0 Å². The topological polar surface area (TPSA) is 0 Å². The van der Waals surface area contributed by atoms with E-state index in [1.807, 2.05) is 0 Å². The molecule has 0 aliphatic heterocycles. The fourth-order valence-corrected chi connectivity index (χ4v) is 2.11. The predicted molar refractivity (Wildman–Crippen MR) is 43.6 cm³/mol. The van der Waals surface area contributed by atoms with Gasteiger partial charge in [0.25, 0.3) is 0 Å². The van der Waals surface area contributed by atoms with Crippen LogP contribution in [0.3, 0.4) is 0 Å². The number of hydrogen-bond donors (Lipinski definition) is 0. The SMILES string of the molecule is C=C1C(=C)C2C=CC1C2C. The molecule has 0 aromatic carbocycles. The van der Waals surface area contributed by atoms with Crippen molar-refractivity contribution in [1.82, 2.24) is 0 Å². The van der Waals surface area contributed by atoms with E-state index in [1.165, 1.54) is 11.1 Å². The molecule has 0 aromatic rings. The summed E-state index contributed by atoms with van der Waals surface area (Å²) in [5.41, 5.74) is 2.53. The highest BCUT2D eigenvalue weighted by molar-refractivity contribution is 5.46. The van der Waals surface area contributed by atoms with E-state index in [4.69, 9.17) is 0 Å². The average molecular weight is 132 g/mol. The predicted octanol–water partition coefficient (Wildman–Crippen LogP) is 2.55. The molecule has 2 unspecified atom stereocenters. The first-order valence-corrected chi connectivity index (χ1v) is 3.78. The molecule has 1 saturated carbocycles. The molecule has 0 heterocycles. The summed E-state index contributed by atoms with van der Waals surface area (Å²) in [6, 6.07) is 0. The van der Waals surface area contributed by atoms with Gasteiger partial charge in [0.05, 0.1) is 0 Å². The summed E-state index contributed by atoms with van der Waals surface area (Å²) in [7, 11) is 0. The third kappa shape index (κ3) is 0.476. The van der Waals surface area contributed by atoms with Crippen LogP contribution in [0.1, 0.15) is 6.92 Å². The van der Waals surface area contributed by atoms with Crippen LogP contribution < -0.4 is 0 Å². The van der Waals surface area contributed by atoms with Gasteiger partial charge < -0.3 is 0 Å². The summed E-state index contributed by atoms with van der Waals surface area (Å²) in [6.45, 7) is 10.3. The molecule has 0 aromatic heterocycles. The molecule has 0 spiro atoms. The summed E-state index contributed by atoms with van der Waals surface area (Å²) >= 11 is 0. The minimum atomic E-state index is 0.609. The number of allylic oxidation sites excluding steroid dienone is 4. The lowest BCUT2D eigenvalue weighted by Gasteiger charge is -2.07. The van der Waals surface area contributed by atoms with Crippen molar-refractivity contribution >= 4 is 0 Å². The van der Waals surface area contributed by atoms with Gasteiger partial charge in [0.2, 0.25) is 0 Å². The molecule has 0 heteroatoms. The molecule has 52 valence electrons. The molecule has 1 fully saturated rings. The van der Waals surface area contributed by atoms with Gasteiger partial charge in [-0.2, -0.15) is 0 Å². The molecule has 2 bridgehead atoms. The Morgan fingerprint density at radius 3 is 1.70 bits per heavy atom. The standard InChI is InChI=1S/C10H12/c1-6-7(2)10-5-4-9(6)8(10)3/h4-5,8-10H,1-2H2,3H3. The van der Waals surface area contributed by atoms with Crippen molar-refractivity contribution in [1.29, 1.82) is 0 Å². The Bertz CT molecular complexity index is 208. The highest BCUT2D eigenvalue weighted by Gasteiger charge is 2.39. The van der Waals surface area contributed by atoms with Crippen LogP contribution in [0.25, 0.3) is 0 Å². The van der Waals surface area contributed by atoms with E-state index in [0.717, 1.165) is 5.92 Å². The summed E-state index contributed by atoms with van der Waals surface area (Å²) in [6.07, 6.45) is 4.54. The van der Waals surface area contributed by atoms with Gasteiger partial charge in [-0.15, -0.1) is 0 Å². The third-order valence-corrected chi connectivity index (χ3v) is 2.88. The van der Waals surface area contributed by atoms with E-state index in [1.54, 1.807) is 0 Å². The molecular formula is C10H12. The zero-order valence-electron chi connectivity index (χ0n) is 6.30. The highest BCUT2D eigenvalue weighted by Crippen LogP contribution is 2.49. The van der Waals surface area contributed by atoms with Crippen LogP contribution in [0.5, 0.6) is 0 Å². The molecule has 0 N–H and O–H groups in total. The zero-order chi connectivity index (χ0) is 7.30. The second kappa shape index (κ2) is 1.63. The van der Waals surface area contributed by atoms with E-state index in [9.17, 15) is 0 Å². The molecule has 2 aliphatic rings. The molecule has 2 rings (SSSR count). The summed E-state index contributed by atoms with van der Waals surface area (Å²) in [4.78, 5) is 0. The maximum Gasteiger partial charge on any atom is 0.00495 e. The summed E-state index contributed by atoms with van der Waals surface area (Å²) < 4.78 is 0. The van der Waals surface area contributed by atoms with E-state index in [0.29, 0.717) is 11.8 Å². The molecule has 0 saturated heterocycles. The first-order chi connectivity index (χ1) is 4.72. The van der Waals surface area contributed by atoms with Crippen LogP contribution in [0.15, 0.2) is 36.5 Å². The highest BCUT2D eigenvalue weighted by atomic mass is 14.4. The molecule has 10 heavy (non-hydrogen) atoms. The Kier molecular flexibility index (Phi) is 0.971. The van der Waals surface area contributed by atoms with Gasteiger partial charge in [0, 0.05) is 11.8 Å². The maximum atomic E-state index is 4.02. The van der Waals surface area contributed by atoms with Gasteiger partial charge in [-0.1, -0.05) is 32.2 Å².